The van der Waals surface area contributed by atoms with Crippen molar-refractivity contribution in [1.29, 1.82) is 0 Å². The topological polar surface area (TPSA) is 63.9 Å². The number of nitrogens with zero attached hydrogens (tertiary/aromatic N) is 5. The van der Waals surface area contributed by atoms with Gasteiger partial charge in [-0.25, -0.2) is 9.67 Å². The van der Waals surface area contributed by atoms with Crippen molar-refractivity contribution in [2.24, 2.45) is 0 Å². The van der Waals surface area contributed by atoms with E-state index in [0.717, 1.165) is 22.4 Å². The predicted octanol–water partition coefficient (Wildman–Crippen LogP) is 2.92. The van der Waals surface area contributed by atoms with Gasteiger partial charge in [0.2, 0.25) is 0 Å². The first-order chi connectivity index (χ1) is 12.2. The fourth-order valence-electron chi connectivity index (χ4n) is 3.52. The third kappa shape index (κ3) is 2.40. The first-order valence-corrected chi connectivity index (χ1v) is 8.81. The standard InChI is InChI=1S/C19H19N5O/c1-12-18-21-17(13-6-7-13)22-24(18)9-8-23(12)19(25)16-10-14-4-2-3-5-15(14)11-20-16/h2-5,10-13H,6-9H2,1H3/t12-/m1/s1. The number of hydrogen-bond donors (Lipinski definition) is 0. The molecule has 1 atom stereocenters. The van der Waals surface area contributed by atoms with E-state index in [4.69, 9.17) is 4.98 Å². The van der Waals surface area contributed by atoms with Gasteiger partial charge in [-0.15, -0.1) is 0 Å². The highest BCUT2D eigenvalue weighted by Crippen LogP contribution is 2.39. The molecule has 1 aliphatic heterocycles. The van der Waals surface area contributed by atoms with Crippen molar-refractivity contribution in [1.82, 2.24) is 24.6 Å². The second-order valence-corrected chi connectivity index (χ2v) is 6.92. The molecule has 0 unspecified atom stereocenters. The molecule has 3 aromatic rings. The summed E-state index contributed by atoms with van der Waals surface area (Å²) in [5.74, 6) is 2.32. The molecule has 1 fully saturated rings. The van der Waals surface area contributed by atoms with E-state index in [1.54, 1.807) is 6.20 Å². The SMILES string of the molecule is C[C@@H]1c2nc(C3CC3)nn2CCN1C(=O)c1cc2ccccc2cn1. The fourth-order valence-corrected chi connectivity index (χ4v) is 3.52. The quantitative estimate of drug-likeness (QED) is 0.723. The number of pyridine rings is 1. The molecule has 1 saturated carbocycles. The van der Waals surface area contributed by atoms with E-state index in [1.807, 2.05) is 46.8 Å². The molecule has 5 rings (SSSR count). The average Bonchev–Trinajstić information content (AvgIpc) is 3.40. The summed E-state index contributed by atoms with van der Waals surface area (Å²) in [4.78, 5) is 24.0. The van der Waals surface area contributed by atoms with Crippen molar-refractivity contribution >= 4 is 16.7 Å². The van der Waals surface area contributed by atoms with E-state index in [1.165, 1.54) is 12.8 Å². The molecule has 0 radical (unpaired) electrons. The largest absolute Gasteiger partial charge is 0.325 e. The van der Waals surface area contributed by atoms with Crippen LogP contribution in [0.25, 0.3) is 10.8 Å². The van der Waals surface area contributed by atoms with Crippen molar-refractivity contribution in [3.63, 3.8) is 0 Å². The van der Waals surface area contributed by atoms with Gasteiger partial charge in [-0.1, -0.05) is 24.3 Å². The molecule has 1 aromatic carbocycles. The highest BCUT2D eigenvalue weighted by atomic mass is 16.2. The molecule has 126 valence electrons. The Balaban J connectivity index is 1.46. The molecule has 0 spiro atoms. The Morgan fingerprint density at radius 3 is 2.76 bits per heavy atom. The first-order valence-electron chi connectivity index (χ1n) is 8.81. The van der Waals surface area contributed by atoms with E-state index in [2.05, 4.69) is 10.1 Å². The molecule has 6 nitrogen and oxygen atoms in total. The van der Waals surface area contributed by atoms with Gasteiger partial charge in [0.15, 0.2) is 5.82 Å². The van der Waals surface area contributed by atoms with Gasteiger partial charge >= 0.3 is 0 Å². The highest BCUT2D eigenvalue weighted by molar-refractivity contribution is 5.96. The summed E-state index contributed by atoms with van der Waals surface area (Å²) in [5.41, 5.74) is 0.487. The van der Waals surface area contributed by atoms with Gasteiger partial charge in [0.1, 0.15) is 11.5 Å². The molecule has 0 bridgehead atoms. The zero-order valence-corrected chi connectivity index (χ0v) is 14.1. The molecular weight excluding hydrogens is 314 g/mol. The molecule has 3 heterocycles. The van der Waals surface area contributed by atoms with Crippen LogP contribution in [0.5, 0.6) is 0 Å². The number of carbonyl (C=O) groups is 1. The Morgan fingerprint density at radius 1 is 1.16 bits per heavy atom. The fraction of sp³-hybridized carbons (Fsp3) is 0.368. The molecule has 6 heteroatoms. The van der Waals surface area contributed by atoms with Gasteiger partial charge < -0.3 is 4.90 Å². The zero-order chi connectivity index (χ0) is 17.0. The lowest BCUT2D eigenvalue weighted by Crippen LogP contribution is -2.41. The molecule has 2 aromatic heterocycles. The summed E-state index contributed by atoms with van der Waals surface area (Å²) >= 11 is 0. The van der Waals surface area contributed by atoms with E-state index in [0.29, 0.717) is 24.7 Å². The van der Waals surface area contributed by atoms with Crippen LogP contribution in [0, 0.1) is 0 Å². The van der Waals surface area contributed by atoms with Crippen LogP contribution in [-0.4, -0.2) is 37.1 Å². The smallest absolute Gasteiger partial charge is 0.273 e. The normalized spacial score (nSPS) is 19.9. The van der Waals surface area contributed by atoms with E-state index < -0.39 is 0 Å². The van der Waals surface area contributed by atoms with Crippen molar-refractivity contribution < 1.29 is 4.79 Å². The Morgan fingerprint density at radius 2 is 1.96 bits per heavy atom. The van der Waals surface area contributed by atoms with Crippen LogP contribution < -0.4 is 0 Å². The lowest BCUT2D eigenvalue weighted by Gasteiger charge is -2.32. The highest BCUT2D eigenvalue weighted by Gasteiger charge is 2.35. The summed E-state index contributed by atoms with van der Waals surface area (Å²) in [6.45, 7) is 3.35. The van der Waals surface area contributed by atoms with Gasteiger partial charge in [-0.3, -0.25) is 9.78 Å². The minimum Gasteiger partial charge on any atom is -0.325 e. The minimum atomic E-state index is -0.0884. The van der Waals surface area contributed by atoms with Crippen LogP contribution in [0.1, 0.15) is 53.9 Å². The summed E-state index contributed by atoms with van der Waals surface area (Å²) in [5, 5.41) is 6.70. The lowest BCUT2D eigenvalue weighted by atomic mass is 10.1. The molecule has 2 aliphatic rings. The second-order valence-electron chi connectivity index (χ2n) is 6.92. The summed E-state index contributed by atoms with van der Waals surface area (Å²) in [6, 6.07) is 9.74. The number of amides is 1. The molecule has 25 heavy (non-hydrogen) atoms. The van der Waals surface area contributed by atoms with Crippen molar-refractivity contribution in [3.05, 3.63) is 53.9 Å². The average molecular weight is 333 g/mol. The van der Waals surface area contributed by atoms with Gasteiger partial charge in [0.25, 0.3) is 5.91 Å². The summed E-state index contributed by atoms with van der Waals surface area (Å²) < 4.78 is 1.97. The number of carbonyl (C=O) groups excluding carboxylic acids is 1. The molecule has 1 aliphatic carbocycles. The van der Waals surface area contributed by atoms with Crippen LogP contribution >= 0.6 is 0 Å². The van der Waals surface area contributed by atoms with Crippen LogP contribution in [0.3, 0.4) is 0 Å². The Hall–Kier alpha value is -2.76. The third-order valence-electron chi connectivity index (χ3n) is 5.16. The molecule has 1 amide bonds. The van der Waals surface area contributed by atoms with E-state index >= 15 is 0 Å². The van der Waals surface area contributed by atoms with Crippen LogP contribution in [0.2, 0.25) is 0 Å². The molecule has 0 N–H and O–H groups in total. The first kappa shape index (κ1) is 14.6. The number of benzene rings is 1. The number of aromatic nitrogens is 4. The minimum absolute atomic E-state index is 0.0412. The van der Waals surface area contributed by atoms with Crippen LogP contribution in [0.15, 0.2) is 36.5 Å². The summed E-state index contributed by atoms with van der Waals surface area (Å²) in [6.07, 6.45) is 4.13. The number of rotatable bonds is 2. The second kappa shape index (κ2) is 5.37. The Labute approximate surface area is 145 Å². The molecular formula is C19H19N5O. The maximum atomic E-state index is 13.0. The predicted molar refractivity (Wildman–Crippen MR) is 93.2 cm³/mol. The van der Waals surface area contributed by atoms with Gasteiger partial charge in [0, 0.05) is 24.0 Å². The number of hydrogen-bond acceptors (Lipinski definition) is 4. The van der Waals surface area contributed by atoms with E-state index in [9.17, 15) is 4.79 Å². The lowest BCUT2D eigenvalue weighted by molar-refractivity contribution is 0.0625. The Kier molecular flexibility index (Phi) is 3.13. The van der Waals surface area contributed by atoms with Gasteiger partial charge in [-0.2, -0.15) is 5.10 Å². The Bertz CT molecular complexity index is 975. The van der Waals surface area contributed by atoms with E-state index in [-0.39, 0.29) is 11.9 Å². The van der Waals surface area contributed by atoms with Crippen LogP contribution in [0.4, 0.5) is 0 Å². The number of fused-ring (bicyclic) bond motifs is 2. The van der Waals surface area contributed by atoms with Crippen molar-refractivity contribution in [3.8, 4) is 0 Å². The monoisotopic (exact) mass is 333 g/mol. The van der Waals surface area contributed by atoms with Crippen molar-refractivity contribution in [2.45, 2.75) is 38.3 Å². The maximum absolute atomic E-state index is 13.0. The zero-order valence-electron chi connectivity index (χ0n) is 14.1. The van der Waals surface area contributed by atoms with Crippen LogP contribution in [-0.2, 0) is 6.54 Å². The van der Waals surface area contributed by atoms with Gasteiger partial charge in [-0.05, 0) is 31.2 Å². The molecule has 0 saturated heterocycles. The maximum Gasteiger partial charge on any atom is 0.273 e. The van der Waals surface area contributed by atoms with Crippen molar-refractivity contribution in [2.75, 3.05) is 6.54 Å². The third-order valence-corrected chi connectivity index (χ3v) is 5.16. The summed E-state index contributed by atoms with van der Waals surface area (Å²) in [7, 11) is 0. The van der Waals surface area contributed by atoms with Gasteiger partial charge in [0.05, 0.1) is 12.6 Å².